The van der Waals surface area contributed by atoms with E-state index in [9.17, 15) is 13.2 Å². The van der Waals surface area contributed by atoms with Gasteiger partial charge < -0.3 is 15.2 Å². The average molecular weight is 305 g/mol. The van der Waals surface area contributed by atoms with Crippen LogP contribution in [0.5, 0.6) is 5.75 Å². The van der Waals surface area contributed by atoms with Gasteiger partial charge in [-0.05, 0) is 43.5 Å². The number of halogens is 3. The van der Waals surface area contributed by atoms with Gasteiger partial charge in [-0.2, -0.15) is 13.2 Å². The zero-order valence-corrected chi connectivity index (χ0v) is 12.5. The molecule has 0 fully saturated rings. The summed E-state index contributed by atoms with van der Waals surface area (Å²) in [7, 11) is 0. The lowest BCUT2D eigenvalue weighted by atomic mass is 10.1. The third kappa shape index (κ3) is 5.55. The molecule has 2 N–H and O–H groups in total. The molecule has 0 aliphatic carbocycles. The quantitative estimate of drug-likeness (QED) is 0.761. The van der Waals surface area contributed by atoms with Gasteiger partial charge in [0.05, 0.1) is 0 Å². The van der Waals surface area contributed by atoms with E-state index in [1.807, 2.05) is 12.1 Å². The number of benzene rings is 1. The summed E-state index contributed by atoms with van der Waals surface area (Å²) in [4.78, 5) is 0. The van der Waals surface area contributed by atoms with Crippen LogP contribution in [0.25, 0.3) is 0 Å². The Morgan fingerprint density at radius 2 is 1.81 bits per heavy atom. The van der Waals surface area contributed by atoms with Crippen LogP contribution in [0.3, 0.4) is 0 Å². The maximum absolute atomic E-state index is 12.3. The highest BCUT2D eigenvalue weighted by molar-refractivity contribution is 5.43. The van der Waals surface area contributed by atoms with Gasteiger partial charge in [-0.1, -0.05) is 19.1 Å². The third-order valence-electron chi connectivity index (χ3n) is 3.04. The fourth-order valence-corrected chi connectivity index (χ4v) is 2.04. The summed E-state index contributed by atoms with van der Waals surface area (Å²) in [6.07, 6.45) is -6.09. The largest absolute Gasteiger partial charge is 0.490 e. The van der Waals surface area contributed by atoms with Crippen LogP contribution in [-0.4, -0.2) is 30.5 Å². The number of ether oxygens (including phenoxy) is 1. The van der Waals surface area contributed by atoms with Crippen molar-refractivity contribution < 1.29 is 23.0 Å². The summed E-state index contributed by atoms with van der Waals surface area (Å²) in [5.74, 6) is 0.401. The molecular weight excluding hydrogens is 283 g/mol. The Hall–Kier alpha value is -1.27. The molecule has 1 aromatic rings. The van der Waals surface area contributed by atoms with Gasteiger partial charge in [0, 0.05) is 6.54 Å². The lowest BCUT2D eigenvalue weighted by Crippen LogP contribution is -2.34. The summed E-state index contributed by atoms with van der Waals surface area (Å²) >= 11 is 0. The van der Waals surface area contributed by atoms with Crippen LogP contribution in [0.4, 0.5) is 13.2 Å². The topological polar surface area (TPSA) is 41.5 Å². The molecule has 0 spiro atoms. The Labute approximate surface area is 123 Å². The highest BCUT2D eigenvalue weighted by atomic mass is 19.4. The number of alkyl halides is 3. The van der Waals surface area contributed by atoms with E-state index < -0.39 is 18.9 Å². The lowest BCUT2D eigenvalue weighted by Gasteiger charge is -2.18. The average Bonchev–Trinajstić information content (AvgIpc) is 2.36. The minimum absolute atomic E-state index is 0.401. The molecule has 0 bridgehead atoms. The molecule has 1 atom stereocenters. The van der Waals surface area contributed by atoms with Crippen molar-refractivity contribution in [3.63, 3.8) is 0 Å². The molecule has 0 radical (unpaired) electrons. The van der Waals surface area contributed by atoms with Gasteiger partial charge in [-0.25, -0.2) is 0 Å². The SMILES string of the molecule is CCCNCc1cc(C)c(OCC(O)C(F)(F)F)c(C)c1. The highest BCUT2D eigenvalue weighted by Gasteiger charge is 2.38. The molecule has 21 heavy (non-hydrogen) atoms. The van der Waals surface area contributed by atoms with Gasteiger partial charge in [0.15, 0.2) is 6.10 Å². The van der Waals surface area contributed by atoms with Crippen LogP contribution >= 0.6 is 0 Å². The second-order valence-electron chi connectivity index (χ2n) is 5.10. The molecule has 3 nitrogen and oxygen atoms in total. The monoisotopic (exact) mass is 305 g/mol. The summed E-state index contributed by atoms with van der Waals surface area (Å²) in [5.41, 5.74) is 2.58. The van der Waals surface area contributed by atoms with Gasteiger partial charge >= 0.3 is 6.18 Å². The van der Waals surface area contributed by atoms with Crippen molar-refractivity contribution in [3.8, 4) is 5.75 Å². The fourth-order valence-electron chi connectivity index (χ4n) is 2.04. The first kappa shape index (κ1) is 17.8. The van der Waals surface area contributed by atoms with Gasteiger partial charge in [-0.15, -0.1) is 0 Å². The van der Waals surface area contributed by atoms with Crippen molar-refractivity contribution in [2.24, 2.45) is 0 Å². The Balaban J connectivity index is 2.71. The zero-order valence-electron chi connectivity index (χ0n) is 12.5. The summed E-state index contributed by atoms with van der Waals surface area (Å²) in [6.45, 7) is 6.47. The molecule has 0 aromatic heterocycles. The Bertz CT molecular complexity index is 438. The maximum Gasteiger partial charge on any atom is 0.417 e. The number of hydrogen-bond donors (Lipinski definition) is 2. The molecular formula is C15H22F3NO2. The number of aliphatic hydroxyl groups is 1. The molecule has 0 heterocycles. The normalized spacial score (nSPS) is 13.3. The zero-order chi connectivity index (χ0) is 16.0. The standard InChI is InChI=1S/C15H22F3NO2/c1-4-5-19-8-12-6-10(2)14(11(3)7-12)21-9-13(20)15(16,17)18/h6-7,13,19-20H,4-5,8-9H2,1-3H3. The second-order valence-corrected chi connectivity index (χ2v) is 5.10. The van der Waals surface area contributed by atoms with E-state index >= 15 is 0 Å². The molecule has 6 heteroatoms. The predicted octanol–water partition coefficient (Wildman–Crippen LogP) is 3.11. The lowest BCUT2D eigenvalue weighted by molar-refractivity contribution is -0.210. The van der Waals surface area contributed by atoms with Crippen LogP contribution in [0.2, 0.25) is 0 Å². The van der Waals surface area contributed by atoms with E-state index in [4.69, 9.17) is 9.84 Å². The summed E-state index contributed by atoms with van der Waals surface area (Å²) < 4.78 is 41.9. The minimum atomic E-state index is -4.66. The van der Waals surface area contributed by atoms with E-state index in [1.54, 1.807) is 13.8 Å². The summed E-state index contributed by atoms with van der Waals surface area (Å²) in [5, 5.41) is 12.2. The predicted molar refractivity (Wildman–Crippen MR) is 75.5 cm³/mol. The number of rotatable bonds is 7. The molecule has 1 unspecified atom stereocenters. The highest BCUT2D eigenvalue weighted by Crippen LogP contribution is 2.27. The van der Waals surface area contributed by atoms with Crippen LogP contribution in [0, 0.1) is 13.8 Å². The first-order valence-corrected chi connectivity index (χ1v) is 6.94. The van der Waals surface area contributed by atoms with Crippen molar-refractivity contribution in [2.45, 2.75) is 46.0 Å². The Kier molecular flexibility index (Phi) is 6.48. The van der Waals surface area contributed by atoms with Crippen molar-refractivity contribution >= 4 is 0 Å². The number of aliphatic hydroxyl groups excluding tert-OH is 1. The first-order chi connectivity index (χ1) is 9.75. The molecule has 120 valence electrons. The first-order valence-electron chi connectivity index (χ1n) is 6.94. The fraction of sp³-hybridized carbons (Fsp3) is 0.600. The van der Waals surface area contributed by atoms with Crippen molar-refractivity contribution in [1.82, 2.24) is 5.32 Å². The smallest absolute Gasteiger partial charge is 0.417 e. The van der Waals surface area contributed by atoms with E-state index in [-0.39, 0.29) is 0 Å². The number of hydrogen-bond acceptors (Lipinski definition) is 3. The minimum Gasteiger partial charge on any atom is -0.490 e. The molecule has 0 aliphatic heterocycles. The second kappa shape index (κ2) is 7.66. The number of nitrogens with one attached hydrogen (secondary N) is 1. The van der Waals surface area contributed by atoms with Gasteiger partial charge in [0.25, 0.3) is 0 Å². The molecule has 0 saturated heterocycles. The van der Waals surface area contributed by atoms with Crippen LogP contribution in [-0.2, 0) is 6.54 Å². The Morgan fingerprint density at radius 3 is 2.29 bits per heavy atom. The molecule has 1 rings (SSSR count). The van der Waals surface area contributed by atoms with E-state index in [2.05, 4.69) is 12.2 Å². The maximum atomic E-state index is 12.3. The molecule has 1 aromatic carbocycles. The van der Waals surface area contributed by atoms with Crippen molar-refractivity contribution in [3.05, 3.63) is 28.8 Å². The van der Waals surface area contributed by atoms with E-state index in [1.165, 1.54) is 0 Å². The van der Waals surface area contributed by atoms with E-state index in [0.717, 1.165) is 29.7 Å². The van der Waals surface area contributed by atoms with E-state index in [0.29, 0.717) is 12.3 Å². The molecule has 0 saturated carbocycles. The van der Waals surface area contributed by atoms with Gasteiger partial charge in [0.2, 0.25) is 0 Å². The summed E-state index contributed by atoms with van der Waals surface area (Å²) in [6, 6.07) is 3.76. The van der Waals surface area contributed by atoms with Crippen LogP contribution in [0.1, 0.15) is 30.0 Å². The Morgan fingerprint density at radius 1 is 1.24 bits per heavy atom. The number of aryl methyl sites for hydroxylation is 2. The van der Waals surface area contributed by atoms with Gasteiger partial charge in [0.1, 0.15) is 12.4 Å². The van der Waals surface area contributed by atoms with Gasteiger partial charge in [-0.3, -0.25) is 0 Å². The van der Waals surface area contributed by atoms with Crippen molar-refractivity contribution in [1.29, 1.82) is 0 Å². The van der Waals surface area contributed by atoms with Crippen LogP contribution < -0.4 is 10.1 Å². The third-order valence-corrected chi connectivity index (χ3v) is 3.04. The molecule has 0 amide bonds. The van der Waals surface area contributed by atoms with Crippen molar-refractivity contribution in [2.75, 3.05) is 13.2 Å². The molecule has 0 aliphatic rings. The van der Waals surface area contributed by atoms with Crippen LogP contribution in [0.15, 0.2) is 12.1 Å².